The zero-order valence-corrected chi connectivity index (χ0v) is 12.5. The Morgan fingerprint density at radius 3 is 2.10 bits per heavy atom. The van der Waals surface area contributed by atoms with Gasteiger partial charge in [0.2, 0.25) is 0 Å². The van der Waals surface area contributed by atoms with Gasteiger partial charge in [0, 0.05) is 0 Å². The first-order chi connectivity index (χ1) is 9.94. The fourth-order valence-electron chi connectivity index (χ4n) is 1.57. The lowest BCUT2D eigenvalue weighted by Gasteiger charge is -2.06. The molecule has 6 heteroatoms. The van der Waals surface area contributed by atoms with Crippen LogP contribution in [0.2, 0.25) is 0 Å². The summed E-state index contributed by atoms with van der Waals surface area (Å²) in [6.07, 6.45) is 0.945. The molecular weight excluding hydrogens is 290 g/mol. The van der Waals surface area contributed by atoms with Gasteiger partial charge in [-0.1, -0.05) is 23.4 Å². The summed E-state index contributed by atoms with van der Waals surface area (Å²) in [7, 11) is -3.59. The van der Waals surface area contributed by atoms with Gasteiger partial charge in [0.1, 0.15) is 11.5 Å². The van der Waals surface area contributed by atoms with E-state index in [2.05, 4.69) is 9.44 Å². The number of ether oxygens (including phenoxy) is 1. The maximum Gasteiger partial charge on any atom is 0.325 e. The molecule has 0 spiro atoms. The van der Waals surface area contributed by atoms with Crippen LogP contribution in [-0.4, -0.2) is 20.4 Å². The summed E-state index contributed by atoms with van der Waals surface area (Å²) in [4.78, 5) is 0. The van der Waals surface area contributed by atoms with Crippen LogP contribution in [0.4, 0.5) is 0 Å². The first kappa shape index (κ1) is 15.1. The average Bonchev–Trinajstić information content (AvgIpc) is 2.46. The number of oxime groups is 1. The highest BCUT2D eigenvalue weighted by Gasteiger charge is 2.03. The van der Waals surface area contributed by atoms with Gasteiger partial charge in [0.05, 0.1) is 12.0 Å². The Morgan fingerprint density at radius 1 is 0.952 bits per heavy atom. The predicted molar refractivity (Wildman–Crippen MR) is 81.1 cm³/mol. The molecule has 0 saturated heterocycles. The fourth-order valence-corrected chi connectivity index (χ4v) is 1.81. The lowest BCUT2D eigenvalue weighted by Crippen LogP contribution is -2.01. The fraction of sp³-hybridized carbons (Fsp3) is 0.133. The second kappa shape index (κ2) is 6.41. The third-order valence-electron chi connectivity index (χ3n) is 2.56. The molecule has 0 N–H and O–H groups in total. The van der Waals surface area contributed by atoms with Crippen LogP contribution in [0.1, 0.15) is 12.5 Å². The Hall–Kier alpha value is -2.34. The van der Waals surface area contributed by atoms with Gasteiger partial charge >= 0.3 is 10.1 Å². The molecule has 0 aliphatic heterocycles. The predicted octanol–water partition coefficient (Wildman–Crippen LogP) is 3.18. The summed E-state index contributed by atoms with van der Waals surface area (Å²) in [6, 6.07) is 16.5. The molecule has 0 fully saturated rings. The minimum Gasteiger partial charge on any atom is -0.457 e. The summed E-state index contributed by atoms with van der Waals surface area (Å²) in [5.41, 5.74) is 1.21. The van der Waals surface area contributed by atoms with Crippen molar-refractivity contribution in [2.45, 2.75) is 6.92 Å². The molecule has 5 nitrogen and oxygen atoms in total. The van der Waals surface area contributed by atoms with E-state index >= 15 is 0 Å². The molecule has 0 unspecified atom stereocenters. The van der Waals surface area contributed by atoms with E-state index in [1.54, 1.807) is 31.2 Å². The second-order valence-corrected chi connectivity index (χ2v) is 5.95. The third kappa shape index (κ3) is 4.92. The second-order valence-electron chi connectivity index (χ2n) is 4.39. The minimum absolute atomic E-state index is 0.465. The van der Waals surface area contributed by atoms with Crippen LogP contribution < -0.4 is 4.74 Å². The quantitative estimate of drug-likeness (QED) is 0.628. The Balaban J connectivity index is 2.08. The standard InChI is InChI=1S/C15H15NO4S/c1-12(16-20-21(2,17)18)13-8-10-15(11-9-13)19-14-6-4-3-5-7-14/h3-11H,1-2H3. The number of para-hydroxylation sites is 1. The van der Waals surface area contributed by atoms with E-state index in [1.807, 2.05) is 30.3 Å². The van der Waals surface area contributed by atoms with Crippen molar-refractivity contribution in [1.82, 2.24) is 0 Å². The van der Waals surface area contributed by atoms with Crippen molar-refractivity contribution < 1.29 is 17.4 Å². The normalized spacial score (nSPS) is 12.0. The van der Waals surface area contributed by atoms with Crippen LogP contribution in [0.3, 0.4) is 0 Å². The zero-order chi connectivity index (χ0) is 15.3. The molecule has 2 aromatic rings. The van der Waals surface area contributed by atoms with Gasteiger partial charge in [-0.15, -0.1) is 0 Å². The van der Waals surface area contributed by atoms with Crippen molar-refractivity contribution in [3.63, 3.8) is 0 Å². The minimum atomic E-state index is -3.59. The lowest BCUT2D eigenvalue weighted by molar-refractivity contribution is 0.343. The van der Waals surface area contributed by atoms with Crippen LogP contribution >= 0.6 is 0 Å². The van der Waals surface area contributed by atoms with E-state index in [4.69, 9.17) is 4.74 Å². The van der Waals surface area contributed by atoms with Crippen LogP contribution in [0.5, 0.6) is 11.5 Å². The topological polar surface area (TPSA) is 65.0 Å². The van der Waals surface area contributed by atoms with Crippen molar-refractivity contribution in [1.29, 1.82) is 0 Å². The molecule has 0 aliphatic carbocycles. The number of hydrogen-bond donors (Lipinski definition) is 0. The highest BCUT2D eigenvalue weighted by Crippen LogP contribution is 2.21. The Morgan fingerprint density at radius 2 is 1.52 bits per heavy atom. The Kier molecular flexibility index (Phi) is 4.59. The SMILES string of the molecule is CC(=NOS(C)(=O)=O)c1ccc(Oc2ccccc2)cc1. The van der Waals surface area contributed by atoms with Gasteiger partial charge in [-0.3, -0.25) is 4.28 Å². The number of benzene rings is 2. The Bertz CT molecular complexity index is 722. The van der Waals surface area contributed by atoms with Gasteiger partial charge in [-0.25, -0.2) is 0 Å². The highest BCUT2D eigenvalue weighted by molar-refractivity contribution is 7.85. The van der Waals surface area contributed by atoms with Gasteiger partial charge in [-0.2, -0.15) is 8.42 Å². The molecular formula is C15H15NO4S. The van der Waals surface area contributed by atoms with Crippen molar-refractivity contribution in [2.75, 3.05) is 6.26 Å². The summed E-state index contributed by atoms with van der Waals surface area (Å²) >= 11 is 0. The maximum absolute atomic E-state index is 10.9. The highest BCUT2D eigenvalue weighted by atomic mass is 32.2. The molecule has 0 bridgehead atoms. The third-order valence-corrected chi connectivity index (χ3v) is 2.91. The smallest absolute Gasteiger partial charge is 0.325 e. The molecule has 2 rings (SSSR count). The van der Waals surface area contributed by atoms with Gasteiger partial charge in [0.15, 0.2) is 0 Å². The van der Waals surface area contributed by atoms with Crippen LogP contribution in [-0.2, 0) is 14.4 Å². The molecule has 2 aromatic carbocycles. The number of rotatable bonds is 5. The summed E-state index contributed by atoms with van der Waals surface area (Å²) in [5.74, 6) is 1.43. The van der Waals surface area contributed by atoms with Crippen molar-refractivity contribution in [3.05, 3.63) is 60.2 Å². The van der Waals surface area contributed by atoms with Gasteiger partial charge in [-0.05, 0) is 48.9 Å². The van der Waals surface area contributed by atoms with E-state index in [0.717, 1.165) is 17.6 Å². The van der Waals surface area contributed by atoms with Gasteiger partial charge < -0.3 is 4.74 Å². The zero-order valence-electron chi connectivity index (χ0n) is 11.7. The molecule has 0 saturated carbocycles. The maximum atomic E-state index is 10.9. The van der Waals surface area contributed by atoms with E-state index in [0.29, 0.717) is 11.5 Å². The number of hydrogen-bond acceptors (Lipinski definition) is 5. The molecule has 0 heterocycles. The molecule has 21 heavy (non-hydrogen) atoms. The van der Waals surface area contributed by atoms with Gasteiger partial charge in [0.25, 0.3) is 0 Å². The molecule has 110 valence electrons. The van der Waals surface area contributed by atoms with E-state index in [-0.39, 0.29) is 0 Å². The Labute approximate surface area is 123 Å². The van der Waals surface area contributed by atoms with E-state index in [1.165, 1.54) is 0 Å². The summed E-state index contributed by atoms with van der Waals surface area (Å²) in [6.45, 7) is 1.66. The van der Waals surface area contributed by atoms with Crippen molar-refractivity contribution in [3.8, 4) is 11.5 Å². The van der Waals surface area contributed by atoms with Crippen LogP contribution in [0, 0.1) is 0 Å². The van der Waals surface area contributed by atoms with E-state index in [9.17, 15) is 8.42 Å². The monoisotopic (exact) mass is 305 g/mol. The van der Waals surface area contributed by atoms with Crippen LogP contribution in [0.25, 0.3) is 0 Å². The molecule has 0 atom stereocenters. The van der Waals surface area contributed by atoms with Crippen molar-refractivity contribution >= 4 is 15.8 Å². The summed E-state index contributed by atoms with van der Waals surface area (Å²) < 4.78 is 31.8. The average molecular weight is 305 g/mol. The molecule has 0 amide bonds. The summed E-state index contributed by atoms with van der Waals surface area (Å²) in [5, 5.41) is 3.57. The molecule has 0 radical (unpaired) electrons. The first-order valence-corrected chi connectivity index (χ1v) is 8.02. The van der Waals surface area contributed by atoms with Crippen LogP contribution in [0.15, 0.2) is 59.8 Å². The largest absolute Gasteiger partial charge is 0.457 e. The number of nitrogens with zero attached hydrogens (tertiary/aromatic N) is 1. The lowest BCUT2D eigenvalue weighted by atomic mass is 10.1. The first-order valence-electron chi connectivity index (χ1n) is 6.20. The molecule has 0 aromatic heterocycles. The van der Waals surface area contributed by atoms with Crippen molar-refractivity contribution in [2.24, 2.45) is 5.16 Å². The molecule has 0 aliphatic rings. The van der Waals surface area contributed by atoms with E-state index < -0.39 is 10.1 Å².